The maximum atomic E-state index is 5.89. The minimum absolute atomic E-state index is 0.464. The Morgan fingerprint density at radius 2 is 1.92 bits per heavy atom. The van der Waals surface area contributed by atoms with E-state index in [2.05, 4.69) is 76.0 Å². The van der Waals surface area contributed by atoms with Gasteiger partial charge in [0.05, 0.1) is 6.61 Å². The summed E-state index contributed by atoms with van der Waals surface area (Å²) < 4.78 is 5.89. The molecule has 0 saturated heterocycles. The van der Waals surface area contributed by atoms with E-state index in [-0.39, 0.29) is 0 Å². The number of benzene rings is 2. The highest BCUT2D eigenvalue weighted by atomic mass is 16.5. The zero-order chi connectivity index (χ0) is 18.7. The molecule has 0 spiro atoms. The Kier molecular flexibility index (Phi) is 5.51. The van der Waals surface area contributed by atoms with Crippen LogP contribution in [-0.4, -0.2) is 13.2 Å². The summed E-state index contributed by atoms with van der Waals surface area (Å²) in [6, 6.07) is 14.9. The van der Waals surface area contributed by atoms with E-state index in [1.165, 1.54) is 27.8 Å². The van der Waals surface area contributed by atoms with Crippen molar-refractivity contribution in [3.8, 4) is 5.75 Å². The summed E-state index contributed by atoms with van der Waals surface area (Å²) >= 11 is 0. The lowest BCUT2D eigenvalue weighted by Gasteiger charge is -2.26. The van der Waals surface area contributed by atoms with E-state index >= 15 is 0 Å². The van der Waals surface area contributed by atoms with Crippen molar-refractivity contribution in [2.24, 2.45) is 5.92 Å². The number of nitrogens with one attached hydrogen (secondary N) is 1. The number of aryl methyl sites for hydroxylation is 1. The standard InChI is InChI=1S/C24H29NO/c1-16(2)18(4)23-13-21(11-10-17(23)3)19(5)25-14-20-12-22-8-6-7-9-24(22)26-15-20/h6-11,13,20,25H,5,12,14-15H2,1-4H3. The molecule has 2 nitrogen and oxygen atoms in total. The maximum absolute atomic E-state index is 5.89. The van der Waals surface area contributed by atoms with Crippen LogP contribution >= 0.6 is 0 Å². The first kappa shape index (κ1) is 18.3. The fourth-order valence-electron chi connectivity index (χ4n) is 3.37. The molecule has 3 rings (SSSR count). The summed E-state index contributed by atoms with van der Waals surface area (Å²) in [5.41, 5.74) is 8.73. The Hall–Kier alpha value is -2.48. The first-order chi connectivity index (χ1) is 12.5. The molecule has 0 aromatic heterocycles. The maximum Gasteiger partial charge on any atom is 0.122 e. The van der Waals surface area contributed by atoms with Crippen LogP contribution in [0.15, 0.2) is 54.6 Å². The van der Waals surface area contributed by atoms with Crippen LogP contribution in [0.5, 0.6) is 5.75 Å². The molecular formula is C24H29NO. The Morgan fingerprint density at radius 3 is 2.69 bits per heavy atom. The van der Waals surface area contributed by atoms with Crippen LogP contribution in [-0.2, 0) is 6.42 Å². The van der Waals surface area contributed by atoms with E-state index in [1.54, 1.807) is 0 Å². The summed E-state index contributed by atoms with van der Waals surface area (Å²) in [6.45, 7) is 14.6. The third kappa shape index (κ3) is 4.01. The molecule has 0 amide bonds. The highest BCUT2D eigenvalue weighted by Gasteiger charge is 2.19. The van der Waals surface area contributed by atoms with E-state index in [0.29, 0.717) is 5.92 Å². The molecule has 1 heterocycles. The second kappa shape index (κ2) is 7.82. The number of rotatable bonds is 5. The fraction of sp³-hybridized carbons (Fsp3) is 0.333. The van der Waals surface area contributed by atoms with Gasteiger partial charge in [0.15, 0.2) is 0 Å². The first-order valence-corrected chi connectivity index (χ1v) is 9.34. The molecule has 2 heteroatoms. The summed E-state index contributed by atoms with van der Waals surface area (Å²) in [5, 5.41) is 3.52. The Morgan fingerprint density at radius 1 is 1.15 bits per heavy atom. The van der Waals surface area contributed by atoms with Gasteiger partial charge >= 0.3 is 0 Å². The van der Waals surface area contributed by atoms with Crippen molar-refractivity contribution in [2.75, 3.05) is 13.2 Å². The summed E-state index contributed by atoms with van der Waals surface area (Å²) in [7, 11) is 0. The predicted molar refractivity (Wildman–Crippen MR) is 111 cm³/mol. The number of hydrogen-bond donors (Lipinski definition) is 1. The van der Waals surface area contributed by atoms with E-state index in [9.17, 15) is 0 Å². The molecule has 0 saturated carbocycles. The number of fused-ring (bicyclic) bond motifs is 1. The lowest BCUT2D eigenvalue weighted by molar-refractivity contribution is 0.222. The molecule has 1 N–H and O–H groups in total. The van der Waals surface area contributed by atoms with E-state index in [1.807, 2.05) is 6.07 Å². The van der Waals surface area contributed by atoms with Gasteiger partial charge in [-0.3, -0.25) is 0 Å². The van der Waals surface area contributed by atoms with Crippen LogP contribution in [0.25, 0.3) is 11.3 Å². The summed E-state index contributed by atoms with van der Waals surface area (Å²) in [4.78, 5) is 0. The second-order valence-electron chi connectivity index (χ2n) is 7.50. The van der Waals surface area contributed by atoms with Crippen LogP contribution in [0, 0.1) is 12.8 Å². The lowest BCUT2D eigenvalue weighted by Crippen LogP contribution is -2.30. The Bertz CT molecular complexity index is 843. The van der Waals surface area contributed by atoms with Crippen LogP contribution in [0.4, 0.5) is 0 Å². The van der Waals surface area contributed by atoms with Gasteiger partial charge in [-0.1, -0.05) is 42.5 Å². The van der Waals surface area contributed by atoms with Crippen molar-refractivity contribution in [1.82, 2.24) is 5.32 Å². The molecule has 0 aliphatic carbocycles. The van der Waals surface area contributed by atoms with Crippen molar-refractivity contribution in [3.63, 3.8) is 0 Å². The van der Waals surface area contributed by atoms with Crippen molar-refractivity contribution in [2.45, 2.75) is 34.1 Å². The average molecular weight is 348 g/mol. The smallest absolute Gasteiger partial charge is 0.122 e. The molecule has 0 bridgehead atoms. The van der Waals surface area contributed by atoms with E-state index in [0.717, 1.165) is 36.6 Å². The van der Waals surface area contributed by atoms with Gasteiger partial charge in [-0.25, -0.2) is 0 Å². The minimum Gasteiger partial charge on any atom is -0.493 e. The Labute approximate surface area is 157 Å². The summed E-state index contributed by atoms with van der Waals surface area (Å²) in [5.74, 6) is 1.49. The van der Waals surface area contributed by atoms with Crippen molar-refractivity contribution in [3.05, 3.63) is 76.9 Å². The van der Waals surface area contributed by atoms with E-state index < -0.39 is 0 Å². The predicted octanol–water partition coefficient (Wildman–Crippen LogP) is 5.62. The number of ether oxygens (including phenoxy) is 1. The molecule has 1 aliphatic heterocycles. The third-order valence-corrected chi connectivity index (χ3v) is 5.30. The monoisotopic (exact) mass is 347 g/mol. The van der Waals surface area contributed by atoms with Crippen LogP contribution in [0.3, 0.4) is 0 Å². The molecule has 1 unspecified atom stereocenters. The van der Waals surface area contributed by atoms with Crippen LogP contribution < -0.4 is 10.1 Å². The molecule has 26 heavy (non-hydrogen) atoms. The van der Waals surface area contributed by atoms with Gasteiger partial charge in [0.1, 0.15) is 5.75 Å². The Balaban J connectivity index is 1.66. The largest absolute Gasteiger partial charge is 0.493 e. The number of para-hydroxylation sites is 1. The van der Waals surface area contributed by atoms with Crippen molar-refractivity contribution < 1.29 is 4.74 Å². The van der Waals surface area contributed by atoms with Crippen LogP contribution in [0.2, 0.25) is 0 Å². The van der Waals surface area contributed by atoms with Gasteiger partial charge in [-0.05, 0) is 74.1 Å². The zero-order valence-corrected chi connectivity index (χ0v) is 16.4. The highest BCUT2D eigenvalue weighted by molar-refractivity contribution is 5.73. The second-order valence-corrected chi connectivity index (χ2v) is 7.50. The third-order valence-electron chi connectivity index (χ3n) is 5.30. The average Bonchev–Trinajstić information content (AvgIpc) is 2.65. The molecule has 2 aromatic rings. The number of allylic oxidation sites excluding steroid dienone is 2. The molecule has 1 aliphatic rings. The summed E-state index contributed by atoms with van der Waals surface area (Å²) in [6.07, 6.45) is 1.05. The SMILES string of the molecule is C=C(NCC1COc2ccccc2C1)c1ccc(C)c(C(C)=C(C)C)c1. The van der Waals surface area contributed by atoms with Crippen LogP contribution in [0.1, 0.15) is 43.0 Å². The van der Waals surface area contributed by atoms with Gasteiger partial charge in [0.25, 0.3) is 0 Å². The first-order valence-electron chi connectivity index (χ1n) is 9.34. The van der Waals surface area contributed by atoms with Gasteiger partial charge < -0.3 is 10.1 Å². The molecule has 0 fully saturated rings. The van der Waals surface area contributed by atoms with E-state index in [4.69, 9.17) is 4.74 Å². The quantitative estimate of drug-likeness (QED) is 0.758. The number of hydrogen-bond acceptors (Lipinski definition) is 2. The zero-order valence-electron chi connectivity index (χ0n) is 16.4. The minimum atomic E-state index is 0.464. The van der Waals surface area contributed by atoms with Crippen molar-refractivity contribution >= 4 is 11.3 Å². The van der Waals surface area contributed by atoms with Gasteiger partial charge in [0, 0.05) is 18.2 Å². The molecule has 136 valence electrons. The van der Waals surface area contributed by atoms with Gasteiger partial charge in [0.2, 0.25) is 0 Å². The van der Waals surface area contributed by atoms with Crippen molar-refractivity contribution in [1.29, 1.82) is 0 Å². The van der Waals surface area contributed by atoms with Gasteiger partial charge in [-0.15, -0.1) is 0 Å². The topological polar surface area (TPSA) is 21.3 Å². The normalized spacial score (nSPS) is 15.6. The highest BCUT2D eigenvalue weighted by Crippen LogP contribution is 2.27. The van der Waals surface area contributed by atoms with Gasteiger partial charge in [-0.2, -0.15) is 0 Å². The molecule has 0 radical (unpaired) electrons. The molecular weight excluding hydrogens is 318 g/mol. The molecule has 1 atom stereocenters. The fourth-order valence-corrected chi connectivity index (χ4v) is 3.37. The lowest BCUT2D eigenvalue weighted by atomic mass is 9.95. The molecule has 2 aromatic carbocycles.